The maximum absolute atomic E-state index is 11.2. The molecule has 84 valence electrons. The maximum Gasteiger partial charge on any atom is 0.252 e. The first-order valence-corrected chi connectivity index (χ1v) is 4.99. The Labute approximate surface area is 90.6 Å². The summed E-state index contributed by atoms with van der Waals surface area (Å²) in [5, 5.41) is 10.4. The van der Waals surface area contributed by atoms with Crippen molar-refractivity contribution in [2.45, 2.75) is 0 Å². The van der Waals surface area contributed by atoms with E-state index in [1.165, 1.54) is 0 Å². The summed E-state index contributed by atoms with van der Waals surface area (Å²) in [4.78, 5) is 11.2. The molecule has 0 atom stereocenters. The molecule has 7 nitrogen and oxygen atoms in total. The number of anilines is 2. The lowest BCUT2D eigenvalue weighted by Gasteiger charge is -2.02. The highest BCUT2D eigenvalue weighted by Crippen LogP contribution is 2.15. The normalized spacial score (nSPS) is 10.2. The van der Waals surface area contributed by atoms with Gasteiger partial charge in [0.2, 0.25) is 10.3 Å². The van der Waals surface area contributed by atoms with Crippen LogP contribution < -0.4 is 11.1 Å². The third-order valence-electron chi connectivity index (χ3n) is 1.35. The van der Waals surface area contributed by atoms with Crippen LogP contribution in [0, 0.1) is 0 Å². The number of methoxy groups -OCH3 is 1. The van der Waals surface area contributed by atoms with Gasteiger partial charge in [-0.2, -0.15) is 0 Å². The second kappa shape index (κ2) is 6.27. The molecule has 0 unspecified atom stereocenters. The SMILES string of the molecule is COCCOCC(=O)Nc1nnc(N)s1. The Kier molecular flexibility index (Phi) is 4.95. The maximum atomic E-state index is 11.2. The lowest BCUT2D eigenvalue weighted by Crippen LogP contribution is -2.19. The van der Waals surface area contributed by atoms with Crippen LogP contribution in [-0.2, 0) is 14.3 Å². The molecule has 1 aromatic rings. The van der Waals surface area contributed by atoms with Crippen molar-refractivity contribution in [1.82, 2.24) is 10.2 Å². The molecule has 15 heavy (non-hydrogen) atoms. The number of nitrogens with two attached hydrogens (primary N) is 1. The monoisotopic (exact) mass is 232 g/mol. The third-order valence-corrected chi connectivity index (χ3v) is 2.02. The minimum atomic E-state index is -0.290. The minimum absolute atomic E-state index is 0.0388. The van der Waals surface area contributed by atoms with Crippen LogP contribution in [0.1, 0.15) is 0 Å². The van der Waals surface area contributed by atoms with E-state index in [2.05, 4.69) is 15.5 Å². The van der Waals surface area contributed by atoms with Crippen LogP contribution in [0.4, 0.5) is 10.3 Å². The number of nitrogens with one attached hydrogen (secondary N) is 1. The molecule has 0 aliphatic heterocycles. The van der Waals surface area contributed by atoms with Crippen molar-refractivity contribution in [1.29, 1.82) is 0 Å². The van der Waals surface area contributed by atoms with Crippen molar-refractivity contribution in [2.75, 3.05) is 38.0 Å². The highest BCUT2D eigenvalue weighted by Gasteiger charge is 2.06. The standard InChI is InChI=1S/C7H12N4O3S/c1-13-2-3-14-4-5(12)9-7-11-10-6(8)15-7/h2-4H2,1H3,(H2,8,10)(H,9,11,12). The van der Waals surface area contributed by atoms with Gasteiger partial charge >= 0.3 is 0 Å². The van der Waals surface area contributed by atoms with Crippen LogP contribution >= 0.6 is 11.3 Å². The van der Waals surface area contributed by atoms with E-state index in [0.717, 1.165) is 11.3 Å². The number of carbonyl (C=O) groups excluding carboxylic acids is 1. The fourth-order valence-electron chi connectivity index (χ4n) is 0.748. The van der Waals surface area contributed by atoms with E-state index in [1.807, 2.05) is 0 Å². The van der Waals surface area contributed by atoms with Gasteiger partial charge in [-0.3, -0.25) is 10.1 Å². The summed E-state index contributed by atoms with van der Waals surface area (Å²) in [6.07, 6.45) is 0. The van der Waals surface area contributed by atoms with E-state index in [4.69, 9.17) is 15.2 Å². The van der Waals surface area contributed by atoms with Gasteiger partial charge in [0, 0.05) is 7.11 Å². The van der Waals surface area contributed by atoms with Gasteiger partial charge in [-0.25, -0.2) is 0 Å². The van der Waals surface area contributed by atoms with E-state index in [9.17, 15) is 4.79 Å². The molecular formula is C7H12N4O3S. The summed E-state index contributed by atoms with van der Waals surface area (Å²) in [7, 11) is 1.56. The molecule has 0 aliphatic carbocycles. The first-order valence-electron chi connectivity index (χ1n) is 4.18. The zero-order valence-electron chi connectivity index (χ0n) is 8.23. The number of nitrogen functional groups attached to an aromatic ring is 1. The molecule has 0 fully saturated rings. The van der Waals surface area contributed by atoms with E-state index < -0.39 is 0 Å². The highest BCUT2D eigenvalue weighted by atomic mass is 32.1. The molecule has 8 heteroatoms. The minimum Gasteiger partial charge on any atom is -0.382 e. The lowest BCUT2D eigenvalue weighted by atomic mass is 10.6. The Morgan fingerprint density at radius 1 is 1.53 bits per heavy atom. The summed E-state index contributed by atoms with van der Waals surface area (Å²) in [5.74, 6) is -0.290. The number of ether oxygens (including phenoxy) is 2. The van der Waals surface area contributed by atoms with Gasteiger partial charge in [0.25, 0.3) is 5.91 Å². The number of amides is 1. The number of aromatic nitrogens is 2. The molecule has 1 aromatic heterocycles. The average Bonchev–Trinajstić information content (AvgIpc) is 2.59. The number of rotatable bonds is 6. The molecule has 1 amide bonds. The van der Waals surface area contributed by atoms with Crippen molar-refractivity contribution >= 4 is 27.5 Å². The Morgan fingerprint density at radius 2 is 2.33 bits per heavy atom. The van der Waals surface area contributed by atoms with Gasteiger partial charge in [-0.15, -0.1) is 10.2 Å². The zero-order valence-corrected chi connectivity index (χ0v) is 9.04. The van der Waals surface area contributed by atoms with Crippen LogP contribution in [0.5, 0.6) is 0 Å². The molecule has 0 bridgehead atoms. The summed E-state index contributed by atoms with van der Waals surface area (Å²) < 4.78 is 9.75. The van der Waals surface area contributed by atoms with Gasteiger partial charge in [0.1, 0.15) is 6.61 Å². The molecule has 0 radical (unpaired) electrons. The van der Waals surface area contributed by atoms with E-state index >= 15 is 0 Å². The smallest absolute Gasteiger partial charge is 0.252 e. The first-order chi connectivity index (χ1) is 7.22. The quantitative estimate of drug-likeness (QED) is 0.654. The van der Waals surface area contributed by atoms with Gasteiger partial charge in [0.05, 0.1) is 13.2 Å². The zero-order chi connectivity index (χ0) is 11.1. The van der Waals surface area contributed by atoms with E-state index in [-0.39, 0.29) is 12.5 Å². The molecule has 0 saturated carbocycles. The van der Waals surface area contributed by atoms with Crippen LogP contribution in [0.25, 0.3) is 0 Å². The van der Waals surface area contributed by atoms with Crippen LogP contribution in [0.3, 0.4) is 0 Å². The van der Waals surface area contributed by atoms with Crippen molar-refractivity contribution < 1.29 is 14.3 Å². The van der Waals surface area contributed by atoms with E-state index in [0.29, 0.717) is 23.5 Å². The molecule has 0 aromatic carbocycles. The molecule has 1 heterocycles. The Bertz CT molecular complexity index is 317. The Hall–Kier alpha value is -1.25. The molecule has 0 saturated heterocycles. The molecular weight excluding hydrogens is 220 g/mol. The number of nitrogens with zero attached hydrogens (tertiary/aromatic N) is 2. The second-order valence-electron chi connectivity index (χ2n) is 2.54. The van der Waals surface area contributed by atoms with Crippen molar-refractivity contribution in [2.24, 2.45) is 0 Å². The number of hydrogen-bond donors (Lipinski definition) is 2. The number of carbonyl (C=O) groups is 1. The molecule has 1 rings (SSSR count). The van der Waals surface area contributed by atoms with Crippen LogP contribution in [-0.4, -0.2) is 43.0 Å². The second-order valence-corrected chi connectivity index (χ2v) is 3.55. The lowest BCUT2D eigenvalue weighted by molar-refractivity contribution is -0.121. The van der Waals surface area contributed by atoms with Gasteiger partial charge in [0.15, 0.2) is 0 Å². The fourth-order valence-corrected chi connectivity index (χ4v) is 1.27. The molecule has 3 N–H and O–H groups in total. The molecule has 0 spiro atoms. The summed E-state index contributed by atoms with van der Waals surface area (Å²) in [5.41, 5.74) is 5.34. The topological polar surface area (TPSA) is 99.4 Å². The van der Waals surface area contributed by atoms with Gasteiger partial charge < -0.3 is 15.2 Å². The van der Waals surface area contributed by atoms with Gasteiger partial charge in [-0.1, -0.05) is 11.3 Å². The van der Waals surface area contributed by atoms with Crippen LogP contribution in [0.2, 0.25) is 0 Å². The van der Waals surface area contributed by atoms with Gasteiger partial charge in [-0.05, 0) is 0 Å². The third kappa shape index (κ3) is 4.68. The predicted octanol–water partition coefficient (Wildman–Crippen LogP) is -0.278. The summed E-state index contributed by atoms with van der Waals surface area (Å²) in [6.45, 7) is 0.796. The predicted molar refractivity (Wildman–Crippen MR) is 55.6 cm³/mol. The fraction of sp³-hybridized carbons (Fsp3) is 0.571. The van der Waals surface area contributed by atoms with Crippen molar-refractivity contribution in [3.8, 4) is 0 Å². The van der Waals surface area contributed by atoms with E-state index in [1.54, 1.807) is 7.11 Å². The highest BCUT2D eigenvalue weighted by molar-refractivity contribution is 7.18. The van der Waals surface area contributed by atoms with Crippen molar-refractivity contribution in [3.05, 3.63) is 0 Å². The Balaban J connectivity index is 2.18. The van der Waals surface area contributed by atoms with Crippen molar-refractivity contribution in [3.63, 3.8) is 0 Å². The average molecular weight is 232 g/mol. The Morgan fingerprint density at radius 3 is 2.93 bits per heavy atom. The first kappa shape index (κ1) is 11.8. The molecule has 0 aliphatic rings. The number of hydrogen-bond acceptors (Lipinski definition) is 7. The van der Waals surface area contributed by atoms with Crippen LogP contribution in [0.15, 0.2) is 0 Å². The summed E-state index contributed by atoms with van der Waals surface area (Å²) >= 11 is 1.10. The largest absolute Gasteiger partial charge is 0.382 e. The summed E-state index contributed by atoms with van der Waals surface area (Å²) in [6, 6.07) is 0.